The van der Waals surface area contributed by atoms with E-state index in [2.05, 4.69) is 27.6 Å². The summed E-state index contributed by atoms with van der Waals surface area (Å²) in [6.45, 7) is 6.20. The first-order valence-electron chi connectivity index (χ1n) is 11.7. The Morgan fingerprint density at radius 2 is 1.83 bits per heavy atom. The molecule has 3 atom stereocenters. The maximum atomic E-state index is 13.0. The second-order valence-corrected chi connectivity index (χ2v) is 9.33. The Labute approximate surface area is 218 Å². The molecule has 1 fully saturated rings. The number of carbonyl (C=O) groups excluding carboxylic acids is 4. The van der Waals surface area contributed by atoms with Gasteiger partial charge in [-0.25, -0.2) is 9.69 Å². The number of halogens is 1. The minimum absolute atomic E-state index is 0.149. The van der Waals surface area contributed by atoms with Crippen LogP contribution in [0.25, 0.3) is 0 Å². The number of aliphatic hydroxyl groups excluding tert-OH is 1. The fraction of sp³-hybridized carbons (Fsp3) is 0.462. The lowest BCUT2D eigenvalue weighted by Gasteiger charge is -2.25. The maximum Gasteiger partial charge on any atom is 0.416 e. The first-order valence-corrected chi connectivity index (χ1v) is 12.5. The van der Waals surface area contributed by atoms with Crippen LogP contribution in [-0.2, 0) is 36.7 Å². The zero-order valence-electron chi connectivity index (χ0n) is 20.9. The molecule has 1 saturated heterocycles. The van der Waals surface area contributed by atoms with Gasteiger partial charge in [-0.15, -0.1) is 0 Å². The van der Waals surface area contributed by atoms with Gasteiger partial charge in [0.25, 0.3) is 0 Å². The van der Waals surface area contributed by atoms with Crippen LogP contribution >= 0.6 is 15.9 Å². The Balaban J connectivity index is 0.000000572. The van der Waals surface area contributed by atoms with Crippen molar-refractivity contribution in [3.63, 3.8) is 0 Å². The van der Waals surface area contributed by atoms with Gasteiger partial charge in [0.2, 0.25) is 5.91 Å². The number of unbranched alkanes of at least 4 members (excludes halogenated alkanes) is 1. The fourth-order valence-electron chi connectivity index (χ4n) is 3.65. The second-order valence-electron chi connectivity index (χ2n) is 8.47. The third-order valence-electron chi connectivity index (χ3n) is 5.49. The van der Waals surface area contributed by atoms with E-state index < -0.39 is 42.0 Å². The van der Waals surface area contributed by atoms with Crippen LogP contribution in [0, 0.1) is 5.92 Å². The van der Waals surface area contributed by atoms with Crippen molar-refractivity contribution in [2.75, 3.05) is 6.61 Å². The molecule has 0 spiro atoms. The van der Waals surface area contributed by atoms with E-state index in [-0.39, 0.29) is 6.61 Å². The van der Waals surface area contributed by atoms with E-state index in [0.29, 0.717) is 12.2 Å². The van der Waals surface area contributed by atoms with Gasteiger partial charge >= 0.3 is 18.0 Å². The standard InChI is InChI=1S/C22H26BrNO5.C4H6O3/c1-3-4-10-18-17(23)12-19(29-18)20(25)14(2)21(26)24-16(13-28-22(24)27)11-15-8-6-5-7-9-15;1-3(5)7-4(2)6/h5-9,12,14,16,20,25H,3-4,10-11,13H2,1-2H3;1-2H3/t14-,16-,20-;/m0./s1. The van der Waals surface area contributed by atoms with Crippen LogP contribution in [0.2, 0.25) is 0 Å². The molecule has 36 heavy (non-hydrogen) atoms. The minimum Gasteiger partial charge on any atom is -0.462 e. The number of aryl methyl sites for hydroxylation is 1. The molecule has 2 heterocycles. The molecule has 2 aromatic rings. The fourth-order valence-corrected chi connectivity index (χ4v) is 4.15. The molecule has 0 bridgehead atoms. The van der Waals surface area contributed by atoms with Gasteiger partial charge in [0.05, 0.1) is 16.4 Å². The Kier molecular flexibility index (Phi) is 11.3. The van der Waals surface area contributed by atoms with Crippen LogP contribution in [0.15, 0.2) is 45.3 Å². The van der Waals surface area contributed by atoms with Crippen LogP contribution in [0.4, 0.5) is 4.79 Å². The molecule has 1 aromatic carbocycles. The highest BCUT2D eigenvalue weighted by Crippen LogP contribution is 2.32. The summed E-state index contributed by atoms with van der Waals surface area (Å²) in [6, 6.07) is 10.9. The normalized spacial score (nSPS) is 16.4. The van der Waals surface area contributed by atoms with Gasteiger partial charge in [-0.2, -0.15) is 0 Å². The Morgan fingerprint density at radius 3 is 2.39 bits per heavy atom. The second kappa shape index (κ2) is 13.9. The zero-order valence-corrected chi connectivity index (χ0v) is 22.4. The van der Waals surface area contributed by atoms with Crippen molar-refractivity contribution < 1.29 is 38.2 Å². The van der Waals surface area contributed by atoms with Gasteiger partial charge in [0.1, 0.15) is 24.2 Å². The molecule has 0 aliphatic carbocycles. The third-order valence-corrected chi connectivity index (χ3v) is 6.16. The van der Waals surface area contributed by atoms with Crippen LogP contribution in [0.5, 0.6) is 0 Å². The number of amides is 2. The summed E-state index contributed by atoms with van der Waals surface area (Å²) >= 11 is 3.45. The summed E-state index contributed by atoms with van der Waals surface area (Å²) in [6.07, 6.45) is 1.44. The summed E-state index contributed by atoms with van der Waals surface area (Å²) in [4.78, 5) is 46.0. The number of ether oxygens (including phenoxy) is 2. The van der Waals surface area contributed by atoms with Gasteiger partial charge in [0, 0.05) is 20.3 Å². The van der Waals surface area contributed by atoms with E-state index in [4.69, 9.17) is 9.15 Å². The Hall–Kier alpha value is -2.98. The van der Waals surface area contributed by atoms with Gasteiger partial charge in [-0.1, -0.05) is 50.6 Å². The highest BCUT2D eigenvalue weighted by molar-refractivity contribution is 9.10. The van der Waals surface area contributed by atoms with Crippen LogP contribution in [-0.4, -0.2) is 46.6 Å². The highest BCUT2D eigenvalue weighted by atomic mass is 79.9. The first-order chi connectivity index (χ1) is 17.0. The SMILES string of the molecule is CC(=O)OC(C)=O.CCCCc1oc([C@@H](O)[C@H](C)C(=O)N2C(=O)OC[C@@H]2Cc2ccccc2)cc1Br. The number of furan rings is 1. The molecular weight excluding hydrogens is 534 g/mol. The number of carbonyl (C=O) groups is 4. The lowest BCUT2D eigenvalue weighted by atomic mass is 9.99. The van der Waals surface area contributed by atoms with Crippen molar-refractivity contribution >= 4 is 39.9 Å². The first kappa shape index (κ1) is 29.3. The van der Waals surface area contributed by atoms with Crippen molar-refractivity contribution in [2.45, 2.75) is 65.5 Å². The van der Waals surface area contributed by atoms with Gasteiger partial charge < -0.3 is 19.0 Å². The quantitative estimate of drug-likeness (QED) is 0.359. The van der Waals surface area contributed by atoms with Crippen LogP contribution in [0.3, 0.4) is 0 Å². The number of esters is 2. The smallest absolute Gasteiger partial charge is 0.416 e. The van der Waals surface area contributed by atoms with Crippen molar-refractivity contribution in [3.05, 3.63) is 58.0 Å². The van der Waals surface area contributed by atoms with Crippen LogP contribution in [0.1, 0.15) is 63.7 Å². The minimum atomic E-state index is -1.15. The average Bonchev–Trinajstić information content (AvgIpc) is 3.38. The molecule has 9 nitrogen and oxygen atoms in total. The molecule has 196 valence electrons. The highest BCUT2D eigenvalue weighted by Gasteiger charge is 2.42. The van der Waals surface area contributed by atoms with E-state index >= 15 is 0 Å². The summed E-state index contributed by atoms with van der Waals surface area (Å²) < 4.78 is 15.7. The van der Waals surface area contributed by atoms with E-state index in [1.807, 2.05) is 30.3 Å². The van der Waals surface area contributed by atoms with Crippen molar-refractivity contribution in [2.24, 2.45) is 5.92 Å². The molecule has 3 rings (SSSR count). The summed E-state index contributed by atoms with van der Waals surface area (Å²) in [7, 11) is 0. The number of rotatable bonds is 8. The molecule has 0 saturated carbocycles. The Bertz CT molecular complexity index is 1040. The molecule has 1 N–H and O–H groups in total. The lowest BCUT2D eigenvalue weighted by molar-refractivity contribution is -0.156. The van der Waals surface area contributed by atoms with Crippen molar-refractivity contribution in [1.82, 2.24) is 4.90 Å². The summed E-state index contributed by atoms with van der Waals surface area (Å²) in [5, 5.41) is 10.7. The predicted molar refractivity (Wildman–Crippen MR) is 134 cm³/mol. The number of hydrogen-bond donors (Lipinski definition) is 1. The van der Waals surface area contributed by atoms with Gasteiger partial charge in [-0.3, -0.25) is 14.4 Å². The number of nitrogens with zero attached hydrogens (tertiary/aromatic N) is 1. The monoisotopic (exact) mass is 565 g/mol. The van der Waals surface area contributed by atoms with Gasteiger partial charge in [-0.05, 0) is 40.4 Å². The Morgan fingerprint density at radius 1 is 1.19 bits per heavy atom. The number of cyclic esters (lactones) is 1. The van der Waals surface area contributed by atoms with Crippen molar-refractivity contribution in [3.8, 4) is 0 Å². The number of imide groups is 1. The van der Waals surface area contributed by atoms with E-state index in [1.165, 1.54) is 13.8 Å². The largest absolute Gasteiger partial charge is 0.462 e. The predicted octanol–water partition coefficient (Wildman–Crippen LogP) is 4.74. The van der Waals surface area contributed by atoms with Crippen molar-refractivity contribution in [1.29, 1.82) is 0 Å². The lowest BCUT2D eigenvalue weighted by Crippen LogP contribution is -2.44. The molecule has 2 amide bonds. The van der Waals surface area contributed by atoms with E-state index in [0.717, 1.165) is 40.0 Å². The number of hydrogen-bond acceptors (Lipinski definition) is 8. The summed E-state index contributed by atoms with van der Waals surface area (Å²) in [5.41, 5.74) is 1.01. The van der Waals surface area contributed by atoms with Crippen LogP contribution < -0.4 is 0 Å². The molecular formula is C26H32BrNO8. The maximum absolute atomic E-state index is 13.0. The number of benzene rings is 1. The molecule has 1 aliphatic heterocycles. The molecule has 0 radical (unpaired) electrons. The molecule has 0 unspecified atom stereocenters. The average molecular weight is 566 g/mol. The number of aliphatic hydroxyl groups is 1. The topological polar surface area (TPSA) is 123 Å². The van der Waals surface area contributed by atoms with E-state index in [1.54, 1.807) is 13.0 Å². The molecule has 10 heteroatoms. The zero-order chi connectivity index (χ0) is 26.8. The van der Waals surface area contributed by atoms with Gasteiger partial charge in [0.15, 0.2) is 0 Å². The molecule has 1 aliphatic rings. The third kappa shape index (κ3) is 8.30. The summed E-state index contributed by atoms with van der Waals surface area (Å²) in [5.74, 6) is -1.38. The van der Waals surface area contributed by atoms with E-state index in [9.17, 15) is 24.3 Å². The molecule has 1 aromatic heterocycles.